The number of halogens is 3. The molecule has 0 bridgehead atoms. The molecule has 0 fully saturated rings. The molecule has 0 aliphatic rings. The van der Waals surface area contributed by atoms with Gasteiger partial charge in [-0.15, -0.1) is 0 Å². The Bertz CT molecular complexity index is 313. The van der Waals surface area contributed by atoms with Crippen LogP contribution in [0.5, 0.6) is 0 Å². The second-order valence-electron chi connectivity index (χ2n) is 1.73. The molecule has 1 unspecified atom stereocenters. The van der Waals surface area contributed by atoms with Gasteiger partial charge in [-0.1, -0.05) is 11.3 Å². The molecule has 0 aliphatic carbocycles. The van der Waals surface area contributed by atoms with Crippen LogP contribution in [-0.4, -0.2) is 32.6 Å². The summed E-state index contributed by atoms with van der Waals surface area (Å²) in [5.74, 6) is 0. The van der Waals surface area contributed by atoms with E-state index in [0.29, 0.717) is 0 Å². The maximum atomic E-state index is 11.8. The van der Waals surface area contributed by atoms with E-state index < -0.39 is 22.3 Å². The molecular weight excluding hydrogens is 222 g/mol. The monoisotopic (exact) mass is 225 g/mol. The van der Waals surface area contributed by atoms with E-state index in [0.717, 1.165) is 6.20 Å². The number of hydrogen-bond acceptors (Lipinski definition) is 3. The van der Waals surface area contributed by atoms with E-state index in [9.17, 15) is 17.4 Å². The molecule has 0 radical (unpaired) electrons. The topological polar surface area (TPSA) is 50.2 Å². The van der Waals surface area contributed by atoms with Crippen molar-refractivity contribution in [2.75, 3.05) is 0 Å². The molecule has 0 saturated heterocycles. The van der Waals surface area contributed by atoms with Crippen LogP contribution in [0.2, 0.25) is 0 Å². The zero-order valence-corrected chi connectivity index (χ0v) is 6.96. The molecule has 1 N–H and O–H groups in total. The number of rotatable bonds is 1. The minimum absolute atomic E-state index is 0. The van der Waals surface area contributed by atoms with Crippen LogP contribution in [-0.2, 0) is 17.3 Å². The molecule has 0 saturated carbocycles. The van der Waals surface area contributed by atoms with E-state index >= 15 is 0 Å². The summed E-state index contributed by atoms with van der Waals surface area (Å²) in [5, 5.41) is -1.11. The number of aromatic nitrogens is 1. The van der Waals surface area contributed by atoms with Crippen LogP contribution in [0.1, 0.15) is 5.01 Å². The number of alkyl halides is 3. The van der Waals surface area contributed by atoms with Crippen molar-refractivity contribution in [1.82, 2.24) is 4.98 Å². The van der Waals surface area contributed by atoms with Gasteiger partial charge >= 0.3 is 25.0 Å². The van der Waals surface area contributed by atoms with E-state index in [4.69, 9.17) is 4.55 Å². The van der Waals surface area contributed by atoms with Crippen molar-refractivity contribution >= 4 is 41.3 Å². The van der Waals surface area contributed by atoms with Crippen LogP contribution in [0.15, 0.2) is 10.4 Å². The summed E-state index contributed by atoms with van der Waals surface area (Å²) < 4.78 is 53.8. The Balaban J connectivity index is 0.00000144. The molecule has 0 spiro atoms. The summed E-state index contributed by atoms with van der Waals surface area (Å²) in [7, 11) is 0. The summed E-state index contributed by atoms with van der Waals surface area (Å²) in [6, 6.07) is 0. The average Bonchev–Trinajstić information content (AvgIpc) is 2.30. The Hall–Kier alpha value is 0.127. The van der Waals surface area contributed by atoms with Gasteiger partial charge in [-0.25, -0.2) is 9.19 Å². The Kier molecular flexibility index (Phi) is 4.61. The Labute approximate surface area is 89.8 Å². The molecule has 70 valence electrons. The van der Waals surface area contributed by atoms with E-state index in [1.165, 1.54) is 0 Å². The molecule has 9 heteroatoms. The first-order chi connectivity index (χ1) is 5.41. The van der Waals surface area contributed by atoms with Gasteiger partial charge in [0, 0.05) is 0 Å². The number of thiazole rings is 1. The fourth-order valence-corrected chi connectivity index (χ4v) is 1.65. The van der Waals surface area contributed by atoms with Crippen LogP contribution in [0.3, 0.4) is 0 Å². The predicted octanol–water partition coefficient (Wildman–Crippen LogP) is 1.09. The summed E-state index contributed by atoms with van der Waals surface area (Å²) in [4.78, 5) is 2.95. The van der Waals surface area contributed by atoms with Crippen LogP contribution < -0.4 is 0 Å². The van der Waals surface area contributed by atoms with Crippen molar-refractivity contribution in [2.24, 2.45) is 0 Å². The molecule has 1 aromatic heterocycles. The van der Waals surface area contributed by atoms with Gasteiger partial charge in [-0.05, 0) is 0 Å². The van der Waals surface area contributed by atoms with E-state index in [1.807, 2.05) is 0 Å². The summed E-state index contributed by atoms with van der Waals surface area (Å²) >= 11 is -2.23. The normalized spacial score (nSPS) is 13.5. The van der Waals surface area contributed by atoms with Crippen molar-refractivity contribution in [3.8, 4) is 0 Å². The van der Waals surface area contributed by atoms with E-state index in [2.05, 4.69) is 4.98 Å². The van der Waals surface area contributed by atoms with Crippen molar-refractivity contribution < 1.29 is 21.9 Å². The van der Waals surface area contributed by atoms with Crippen molar-refractivity contribution in [3.63, 3.8) is 0 Å². The third-order valence-corrected chi connectivity index (χ3v) is 2.86. The standard InChI is InChI=1S/C4H2F3NO2S2.Li.H/c5-4(6,7)3-8-1-2(11-3)12(9)10;;/h1H,(H,9,10);;. The van der Waals surface area contributed by atoms with Crippen molar-refractivity contribution in [3.05, 3.63) is 11.2 Å². The first kappa shape index (κ1) is 13.1. The zero-order valence-electron chi connectivity index (χ0n) is 5.33. The fraction of sp³-hybridized carbons (Fsp3) is 0.250. The summed E-state index contributed by atoms with van der Waals surface area (Å²) in [6.45, 7) is 0. The van der Waals surface area contributed by atoms with Gasteiger partial charge in [-0.3, -0.25) is 0 Å². The Morgan fingerprint density at radius 3 is 2.31 bits per heavy atom. The van der Waals surface area contributed by atoms with E-state index in [-0.39, 0.29) is 34.4 Å². The predicted molar refractivity (Wildman–Crippen MR) is 43.3 cm³/mol. The average molecular weight is 225 g/mol. The molecule has 1 rings (SSSR count). The van der Waals surface area contributed by atoms with Gasteiger partial charge < -0.3 is 4.55 Å². The van der Waals surface area contributed by atoms with Crippen LogP contribution in [0, 0.1) is 0 Å². The maximum absolute atomic E-state index is 11.8. The molecule has 0 amide bonds. The van der Waals surface area contributed by atoms with Crippen LogP contribution in [0.4, 0.5) is 13.2 Å². The minimum atomic E-state index is -4.54. The molecule has 1 aromatic rings. The van der Waals surface area contributed by atoms with Gasteiger partial charge in [-0.2, -0.15) is 13.2 Å². The third-order valence-electron chi connectivity index (χ3n) is 0.899. The van der Waals surface area contributed by atoms with Gasteiger partial charge in [0.25, 0.3) is 0 Å². The molecular formula is C4H3F3LiNO2S2. The second kappa shape index (κ2) is 4.57. The molecule has 3 nitrogen and oxygen atoms in total. The Morgan fingerprint density at radius 1 is 1.54 bits per heavy atom. The Morgan fingerprint density at radius 2 is 2.08 bits per heavy atom. The van der Waals surface area contributed by atoms with Gasteiger partial charge in [0.15, 0.2) is 16.1 Å². The number of nitrogens with zero attached hydrogens (tertiary/aromatic N) is 1. The SMILES string of the molecule is O=S(O)c1cnc(C(F)(F)F)s1.[LiH]. The number of hydrogen-bond donors (Lipinski definition) is 1. The third kappa shape index (κ3) is 3.40. The van der Waals surface area contributed by atoms with Crippen LogP contribution >= 0.6 is 11.3 Å². The first-order valence-electron chi connectivity index (χ1n) is 2.55. The van der Waals surface area contributed by atoms with Gasteiger partial charge in [0.05, 0.1) is 6.20 Å². The zero-order chi connectivity index (χ0) is 9.35. The molecule has 1 heterocycles. The van der Waals surface area contributed by atoms with Crippen molar-refractivity contribution in [2.45, 2.75) is 10.4 Å². The fourth-order valence-electron chi connectivity index (χ4n) is 0.471. The van der Waals surface area contributed by atoms with Crippen molar-refractivity contribution in [1.29, 1.82) is 0 Å². The molecule has 0 aliphatic heterocycles. The molecule has 13 heavy (non-hydrogen) atoms. The summed E-state index contributed by atoms with van der Waals surface area (Å²) in [5.41, 5.74) is 0. The van der Waals surface area contributed by atoms with E-state index in [1.54, 1.807) is 0 Å². The summed E-state index contributed by atoms with van der Waals surface area (Å²) in [6.07, 6.45) is -3.80. The first-order valence-corrected chi connectivity index (χ1v) is 4.47. The quantitative estimate of drug-likeness (QED) is 0.575. The van der Waals surface area contributed by atoms with Gasteiger partial charge in [0.1, 0.15) is 4.21 Å². The van der Waals surface area contributed by atoms with Crippen LogP contribution in [0.25, 0.3) is 0 Å². The molecule has 0 aromatic carbocycles. The molecule has 1 atom stereocenters. The second-order valence-corrected chi connectivity index (χ2v) is 3.96. The van der Waals surface area contributed by atoms with Gasteiger partial charge in [0.2, 0.25) is 0 Å².